The number of hydrogen-bond acceptors (Lipinski definition) is 5. The second kappa shape index (κ2) is 6.31. The molecule has 0 aromatic heterocycles. The van der Waals surface area contributed by atoms with Crippen molar-refractivity contribution in [2.24, 2.45) is 23.2 Å². The number of urea groups is 1. The van der Waals surface area contributed by atoms with Gasteiger partial charge < -0.3 is 20.7 Å². The molecule has 1 saturated heterocycles. The maximum absolute atomic E-state index is 13.4. The number of nitrogens with one attached hydrogen (secondary N) is 3. The first-order valence-corrected chi connectivity index (χ1v) is 12.3. The predicted octanol–water partition coefficient (Wildman–Crippen LogP) is 2.25. The first-order valence-electron chi connectivity index (χ1n) is 12.3. The first kappa shape index (κ1) is 20.3. The van der Waals surface area contributed by atoms with Crippen LogP contribution in [-0.2, 0) is 26.3 Å². The molecule has 3 N–H and O–H groups in total. The zero-order chi connectivity index (χ0) is 23.5. The molecule has 7 rings (SSSR count). The number of imide groups is 1. The highest BCUT2D eigenvalue weighted by Gasteiger charge is 2.77. The largest absolute Gasteiger partial charge is 0.427 e. The predicted molar refractivity (Wildman–Crippen MR) is 120 cm³/mol. The van der Waals surface area contributed by atoms with Crippen molar-refractivity contribution < 1.29 is 23.9 Å². The number of amides is 5. The van der Waals surface area contributed by atoms with Crippen molar-refractivity contribution >= 4 is 29.6 Å². The van der Waals surface area contributed by atoms with E-state index in [0.29, 0.717) is 29.5 Å². The fraction of sp³-hybridized carbons (Fsp3) is 0.600. The van der Waals surface area contributed by atoms with Gasteiger partial charge in [-0.15, -0.1) is 0 Å². The van der Waals surface area contributed by atoms with Gasteiger partial charge in [0.15, 0.2) is 0 Å². The Morgan fingerprint density at radius 3 is 2.59 bits per heavy atom. The van der Waals surface area contributed by atoms with Crippen LogP contribution in [0.3, 0.4) is 0 Å². The van der Waals surface area contributed by atoms with Crippen molar-refractivity contribution in [3.05, 3.63) is 29.3 Å². The van der Waals surface area contributed by atoms with Gasteiger partial charge in [-0.1, -0.05) is 6.07 Å². The molecule has 178 valence electrons. The molecule has 2 bridgehead atoms. The Morgan fingerprint density at radius 2 is 1.91 bits per heavy atom. The highest BCUT2D eigenvalue weighted by molar-refractivity contribution is 6.06. The number of nitrogens with zero attached hydrogens (tertiary/aromatic N) is 1. The van der Waals surface area contributed by atoms with Crippen molar-refractivity contribution in [1.29, 1.82) is 0 Å². The lowest BCUT2D eigenvalue weighted by atomic mass is 9.38. The maximum atomic E-state index is 13.4. The van der Waals surface area contributed by atoms with Gasteiger partial charge in [0.2, 0.25) is 11.5 Å². The molecule has 9 heteroatoms. The van der Waals surface area contributed by atoms with Crippen LogP contribution in [0.15, 0.2) is 18.2 Å². The van der Waals surface area contributed by atoms with E-state index >= 15 is 0 Å². The smallest absolute Gasteiger partial charge is 0.418 e. The summed E-state index contributed by atoms with van der Waals surface area (Å²) in [5.74, 6) is 1.58. The van der Waals surface area contributed by atoms with Gasteiger partial charge in [0.1, 0.15) is 6.54 Å². The van der Waals surface area contributed by atoms with Crippen LogP contribution in [0, 0.1) is 23.2 Å². The summed E-state index contributed by atoms with van der Waals surface area (Å²) in [6.45, 7) is -0.307. The number of carbonyl (C=O) groups is 4. The van der Waals surface area contributed by atoms with Crippen molar-refractivity contribution in [3.63, 3.8) is 0 Å². The summed E-state index contributed by atoms with van der Waals surface area (Å²) in [5, 5.41) is 8.46. The van der Waals surface area contributed by atoms with Gasteiger partial charge in [-0.05, 0) is 79.4 Å². The molecule has 3 atom stereocenters. The lowest BCUT2D eigenvalue weighted by Crippen LogP contribution is -2.60. The Labute approximate surface area is 196 Å². The van der Waals surface area contributed by atoms with Gasteiger partial charge in [-0.2, -0.15) is 0 Å². The summed E-state index contributed by atoms with van der Waals surface area (Å²) in [6.07, 6.45) is 5.82. The number of ether oxygens (including phenoxy) is 1. The van der Waals surface area contributed by atoms with E-state index in [1.165, 1.54) is 19.9 Å². The zero-order valence-corrected chi connectivity index (χ0v) is 19.1. The van der Waals surface area contributed by atoms with Crippen molar-refractivity contribution in [1.82, 2.24) is 15.5 Å². The molecule has 34 heavy (non-hydrogen) atoms. The summed E-state index contributed by atoms with van der Waals surface area (Å²) >= 11 is 0. The Morgan fingerprint density at radius 1 is 1.15 bits per heavy atom. The molecule has 3 unspecified atom stereocenters. The molecule has 0 radical (unpaired) electrons. The third-order valence-corrected chi connectivity index (χ3v) is 9.89. The van der Waals surface area contributed by atoms with E-state index in [9.17, 15) is 19.2 Å². The van der Waals surface area contributed by atoms with Crippen LogP contribution in [0.2, 0.25) is 0 Å². The number of aryl methyl sites for hydroxylation is 1. The number of anilines is 1. The minimum atomic E-state index is -1.39. The van der Waals surface area contributed by atoms with E-state index in [1.807, 2.05) is 0 Å². The van der Waals surface area contributed by atoms with Gasteiger partial charge in [0.05, 0.1) is 0 Å². The average Bonchev–Trinajstić information content (AvgIpc) is 3.46. The zero-order valence-electron chi connectivity index (χ0n) is 19.1. The lowest BCUT2D eigenvalue weighted by molar-refractivity contribution is -0.176. The molecule has 1 aliphatic heterocycles. The van der Waals surface area contributed by atoms with E-state index in [1.54, 1.807) is 18.2 Å². The van der Waals surface area contributed by atoms with Crippen LogP contribution in [0.25, 0.3) is 0 Å². The molecular weight excluding hydrogens is 436 g/mol. The number of hydrogen-bond donors (Lipinski definition) is 3. The second-order valence-electron chi connectivity index (χ2n) is 11.3. The first-order chi connectivity index (χ1) is 16.3. The fourth-order valence-corrected chi connectivity index (χ4v) is 8.63. The lowest BCUT2D eigenvalue weighted by Gasteiger charge is -2.66. The SMILES string of the molecule is CNC(=O)Nc1ccc2c(c1)CCC21OC(=O)N(CC(=O)N[C@]23CC4C[C@@H]5CC(C2)C45C3)C1=O. The van der Waals surface area contributed by atoms with Gasteiger partial charge >= 0.3 is 12.1 Å². The van der Waals surface area contributed by atoms with E-state index < -0.39 is 17.6 Å². The van der Waals surface area contributed by atoms with Crippen LogP contribution < -0.4 is 16.0 Å². The van der Waals surface area contributed by atoms with Crippen molar-refractivity contribution in [2.45, 2.75) is 56.1 Å². The van der Waals surface area contributed by atoms with E-state index in [4.69, 9.17) is 4.74 Å². The summed E-state index contributed by atoms with van der Waals surface area (Å²) in [6, 6.07) is 4.87. The third-order valence-electron chi connectivity index (χ3n) is 9.89. The Bertz CT molecular complexity index is 1160. The number of carbonyl (C=O) groups excluding carboxylic acids is 4. The molecule has 1 aromatic rings. The minimum absolute atomic E-state index is 0.157. The molecule has 5 fully saturated rings. The van der Waals surface area contributed by atoms with E-state index in [2.05, 4.69) is 16.0 Å². The number of rotatable bonds is 4. The molecule has 1 aromatic carbocycles. The van der Waals surface area contributed by atoms with Gasteiger partial charge in [-0.3, -0.25) is 9.59 Å². The molecule has 5 aliphatic carbocycles. The quantitative estimate of drug-likeness (QED) is 0.632. The highest BCUT2D eigenvalue weighted by Crippen LogP contribution is 2.82. The van der Waals surface area contributed by atoms with Crippen LogP contribution in [0.1, 0.15) is 49.7 Å². The molecule has 1 heterocycles. The summed E-state index contributed by atoms with van der Waals surface area (Å²) in [7, 11) is 1.53. The summed E-state index contributed by atoms with van der Waals surface area (Å²) in [4.78, 5) is 51.8. The van der Waals surface area contributed by atoms with Crippen LogP contribution in [-0.4, -0.2) is 48.0 Å². The average molecular weight is 465 g/mol. The standard InChI is InChI=1S/C25H28N4O5/c1-26-21(32)27-17-2-3-18-13(6-17)4-5-25(18)20(31)29(22(33)34-25)11-19(30)28-23-9-15-7-14-8-16(10-23)24(14,15)12-23/h2-3,6,14-16H,4-5,7-12H2,1H3,(H,28,30)(H2,26,27,32)/t14-,15?,16?,23-,24?,25?. The Hall–Kier alpha value is -3.10. The second-order valence-corrected chi connectivity index (χ2v) is 11.3. The monoisotopic (exact) mass is 464 g/mol. The van der Waals surface area contributed by atoms with Crippen molar-refractivity contribution in [3.8, 4) is 0 Å². The maximum Gasteiger partial charge on any atom is 0.418 e. The van der Waals surface area contributed by atoms with Crippen LogP contribution in [0.4, 0.5) is 15.3 Å². The minimum Gasteiger partial charge on any atom is -0.427 e. The Balaban J connectivity index is 1.07. The summed E-state index contributed by atoms with van der Waals surface area (Å²) in [5.41, 5.74) is 1.01. The number of benzene rings is 1. The molecule has 2 spiro atoms. The molecule has 6 aliphatic rings. The number of fused-ring (bicyclic) bond motifs is 3. The molecular formula is C25H28N4O5. The molecule has 9 nitrogen and oxygen atoms in total. The Kier molecular flexibility index (Phi) is 3.77. The van der Waals surface area contributed by atoms with Gasteiger partial charge in [0.25, 0.3) is 5.91 Å². The normalized spacial score (nSPS) is 39.8. The highest BCUT2D eigenvalue weighted by atomic mass is 16.6. The summed E-state index contributed by atoms with van der Waals surface area (Å²) < 4.78 is 5.66. The fourth-order valence-electron chi connectivity index (χ4n) is 8.63. The van der Waals surface area contributed by atoms with Crippen molar-refractivity contribution in [2.75, 3.05) is 18.9 Å². The van der Waals surface area contributed by atoms with Crippen LogP contribution >= 0.6 is 0 Å². The van der Waals surface area contributed by atoms with Crippen LogP contribution in [0.5, 0.6) is 0 Å². The topological polar surface area (TPSA) is 117 Å². The molecule has 4 saturated carbocycles. The van der Waals surface area contributed by atoms with Gasteiger partial charge in [-0.25, -0.2) is 14.5 Å². The van der Waals surface area contributed by atoms with Gasteiger partial charge in [0, 0.05) is 30.3 Å². The van der Waals surface area contributed by atoms with E-state index in [-0.39, 0.29) is 24.0 Å². The van der Waals surface area contributed by atoms with E-state index in [0.717, 1.165) is 47.5 Å². The molecule has 5 amide bonds. The third kappa shape index (κ3) is 2.35.